The summed E-state index contributed by atoms with van der Waals surface area (Å²) in [5.74, 6) is -0.386. The second-order valence-corrected chi connectivity index (χ2v) is 7.03. The first kappa shape index (κ1) is 16.9. The van der Waals surface area contributed by atoms with Crippen molar-refractivity contribution in [2.75, 3.05) is 32.9 Å². The van der Waals surface area contributed by atoms with Crippen molar-refractivity contribution in [1.29, 1.82) is 0 Å². The number of likely N-dealkylation sites (tertiary alicyclic amines) is 1. The van der Waals surface area contributed by atoms with Gasteiger partial charge in [-0.25, -0.2) is 9.37 Å². The van der Waals surface area contributed by atoms with Crippen molar-refractivity contribution in [2.24, 2.45) is 11.3 Å². The number of rotatable bonds is 4. The molecule has 4 rings (SSSR count). The van der Waals surface area contributed by atoms with Crippen LogP contribution in [0.15, 0.2) is 36.7 Å². The molecule has 2 atom stereocenters. The van der Waals surface area contributed by atoms with Crippen LogP contribution in [0.1, 0.15) is 16.1 Å². The minimum Gasteiger partial charge on any atom is -0.475 e. The largest absolute Gasteiger partial charge is 0.475 e. The lowest BCUT2D eigenvalue weighted by atomic mass is 9.82. The lowest BCUT2D eigenvalue weighted by Crippen LogP contribution is -2.38. The van der Waals surface area contributed by atoms with Crippen LogP contribution in [0.2, 0.25) is 0 Å². The zero-order valence-corrected chi connectivity index (χ0v) is 14.5. The highest BCUT2D eigenvalue weighted by atomic mass is 19.1. The molecule has 0 aliphatic carbocycles. The summed E-state index contributed by atoms with van der Waals surface area (Å²) in [7, 11) is 0. The molecule has 0 unspecified atom stereocenters. The number of hydrogen-bond donors (Lipinski definition) is 0. The molecule has 6 nitrogen and oxygen atoms in total. The number of aryl methyl sites for hydroxylation is 1. The third kappa shape index (κ3) is 3.03. The Balaban J connectivity index is 1.48. The zero-order valence-electron chi connectivity index (χ0n) is 14.5. The average Bonchev–Trinajstić information content (AvgIpc) is 3.18. The van der Waals surface area contributed by atoms with Crippen molar-refractivity contribution in [1.82, 2.24) is 14.9 Å². The van der Waals surface area contributed by atoms with Crippen molar-refractivity contribution in [2.45, 2.75) is 6.92 Å². The van der Waals surface area contributed by atoms with Gasteiger partial charge in [0.15, 0.2) is 5.82 Å². The van der Waals surface area contributed by atoms with E-state index in [2.05, 4.69) is 9.97 Å². The molecule has 0 bridgehead atoms. The molecule has 7 heteroatoms. The topological polar surface area (TPSA) is 64.6 Å². The predicted molar refractivity (Wildman–Crippen MR) is 91.3 cm³/mol. The summed E-state index contributed by atoms with van der Waals surface area (Å²) in [6.07, 6.45) is 3.10. The number of hydrogen-bond acceptors (Lipinski definition) is 5. The molecule has 0 N–H and O–H groups in total. The Morgan fingerprint density at radius 1 is 1.42 bits per heavy atom. The predicted octanol–water partition coefficient (Wildman–Crippen LogP) is 2.09. The first-order valence-corrected chi connectivity index (χ1v) is 8.60. The molecular formula is C19H20FN3O3. The number of halogens is 1. The molecule has 0 spiro atoms. The summed E-state index contributed by atoms with van der Waals surface area (Å²) in [5, 5.41) is 0. The van der Waals surface area contributed by atoms with E-state index in [1.54, 1.807) is 12.3 Å². The van der Waals surface area contributed by atoms with Crippen molar-refractivity contribution in [3.8, 4) is 5.88 Å². The van der Waals surface area contributed by atoms with Crippen LogP contribution in [0.25, 0.3) is 0 Å². The molecule has 2 aromatic rings. The second-order valence-electron chi connectivity index (χ2n) is 7.03. The summed E-state index contributed by atoms with van der Waals surface area (Å²) in [6, 6.07) is 6.46. The fourth-order valence-corrected chi connectivity index (χ4v) is 3.66. The Labute approximate surface area is 151 Å². The van der Waals surface area contributed by atoms with Crippen LogP contribution in [0, 0.1) is 24.1 Å². The van der Waals surface area contributed by atoms with Gasteiger partial charge >= 0.3 is 0 Å². The zero-order chi connectivity index (χ0) is 18.1. The fraction of sp³-hybridized carbons (Fsp3) is 0.421. The molecule has 2 aliphatic heterocycles. The van der Waals surface area contributed by atoms with Gasteiger partial charge in [0.25, 0.3) is 5.91 Å². The van der Waals surface area contributed by atoms with Gasteiger partial charge in [0.1, 0.15) is 0 Å². The number of ether oxygens (including phenoxy) is 2. The van der Waals surface area contributed by atoms with Gasteiger partial charge in [0.05, 0.1) is 30.8 Å². The summed E-state index contributed by atoms with van der Waals surface area (Å²) in [4.78, 5) is 22.7. The monoisotopic (exact) mass is 357 g/mol. The van der Waals surface area contributed by atoms with Crippen LogP contribution >= 0.6 is 0 Å². The summed E-state index contributed by atoms with van der Waals surface area (Å²) < 4.78 is 25.1. The van der Waals surface area contributed by atoms with Gasteiger partial charge in [0, 0.05) is 37.1 Å². The highest BCUT2D eigenvalue weighted by Gasteiger charge is 2.52. The molecule has 26 heavy (non-hydrogen) atoms. The van der Waals surface area contributed by atoms with Crippen molar-refractivity contribution >= 4 is 5.91 Å². The van der Waals surface area contributed by atoms with E-state index in [9.17, 15) is 9.18 Å². The number of aromatic nitrogens is 2. The van der Waals surface area contributed by atoms with Gasteiger partial charge in [-0.05, 0) is 31.2 Å². The number of carbonyl (C=O) groups is 1. The van der Waals surface area contributed by atoms with Gasteiger partial charge in [-0.3, -0.25) is 9.78 Å². The van der Waals surface area contributed by atoms with Crippen LogP contribution in [-0.2, 0) is 4.74 Å². The second kappa shape index (κ2) is 6.64. The minimum absolute atomic E-state index is 0.0139. The maximum Gasteiger partial charge on any atom is 0.255 e. The molecule has 136 valence electrons. The summed E-state index contributed by atoms with van der Waals surface area (Å²) in [5.41, 5.74) is 1.11. The molecule has 2 saturated heterocycles. The van der Waals surface area contributed by atoms with E-state index in [4.69, 9.17) is 9.47 Å². The minimum atomic E-state index is -0.490. The van der Waals surface area contributed by atoms with Gasteiger partial charge < -0.3 is 14.4 Å². The van der Waals surface area contributed by atoms with E-state index in [0.717, 1.165) is 5.69 Å². The van der Waals surface area contributed by atoms with Gasteiger partial charge in [-0.2, -0.15) is 0 Å². The maximum atomic E-state index is 13.8. The smallest absolute Gasteiger partial charge is 0.255 e. The van der Waals surface area contributed by atoms with Crippen LogP contribution in [-0.4, -0.2) is 53.7 Å². The maximum absolute atomic E-state index is 13.8. The van der Waals surface area contributed by atoms with Crippen LogP contribution < -0.4 is 4.74 Å². The molecule has 0 aromatic carbocycles. The lowest BCUT2D eigenvalue weighted by molar-refractivity contribution is 0.0650. The molecule has 4 heterocycles. The third-order valence-corrected chi connectivity index (χ3v) is 5.19. The average molecular weight is 357 g/mol. The summed E-state index contributed by atoms with van der Waals surface area (Å²) >= 11 is 0. The van der Waals surface area contributed by atoms with Gasteiger partial charge in [-0.1, -0.05) is 0 Å². The SMILES string of the molecule is Cc1ccc(C(=O)N2C[C@@H]3COC[C@]3(COc3ncccc3F)C2)cn1. The van der Waals surface area contributed by atoms with Crippen molar-refractivity contribution in [3.63, 3.8) is 0 Å². The van der Waals surface area contributed by atoms with E-state index in [1.165, 1.54) is 18.3 Å². The third-order valence-electron chi connectivity index (χ3n) is 5.19. The normalized spacial score (nSPS) is 24.5. The first-order chi connectivity index (χ1) is 12.6. The number of carbonyl (C=O) groups excluding carboxylic acids is 1. The van der Waals surface area contributed by atoms with E-state index >= 15 is 0 Å². The van der Waals surface area contributed by atoms with E-state index in [1.807, 2.05) is 17.9 Å². The van der Waals surface area contributed by atoms with Crippen LogP contribution in [0.3, 0.4) is 0 Å². The van der Waals surface area contributed by atoms with E-state index < -0.39 is 5.82 Å². The molecule has 2 aromatic heterocycles. The number of nitrogens with zero attached hydrogens (tertiary/aromatic N) is 3. The molecule has 2 fully saturated rings. The molecule has 0 radical (unpaired) electrons. The Kier molecular flexibility index (Phi) is 4.32. The van der Waals surface area contributed by atoms with Gasteiger partial charge in [0.2, 0.25) is 5.88 Å². The molecular weight excluding hydrogens is 337 g/mol. The Bertz CT molecular complexity index is 814. The van der Waals surface area contributed by atoms with Gasteiger partial charge in [-0.15, -0.1) is 0 Å². The molecule has 0 saturated carbocycles. The number of pyridine rings is 2. The fourth-order valence-electron chi connectivity index (χ4n) is 3.66. The van der Waals surface area contributed by atoms with E-state index in [0.29, 0.717) is 31.9 Å². The summed E-state index contributed by atoms with van der Waals surface area (Å²) in [6.45, 7) is 4.32. The Morgan fingerprint density at radius 2 is 2.31 bits per heavy atom. The number of fused-ring (bicyclic) bond motifs is 1. The quantitative estimate of drug-likeness (QED) is 0.838. The lowest BCUT2D eigenvalue weighted by Gasteiger charge is -2.26. The molecule has 1 amide bonds. The number of amides is 1. The highest BCUT2D eigenvalue weighted by Crippen LogP contribution is 2.42. The van der Waals surface area contributed by atoms with E-state index in [-0.39, 0.29) is 29.7 Å². The Morgan fingerprint density at radius 3 is 3.08 bits per heavy atom. The first-order valence-electron chi connectivity index (χ1n) is 8.60. The van der Waals surface area contributed by atoms with Crippen molar-refractivity contribution < 1.29 is 18.7 Å². The standard InChI is InChI=1S/C19H20FN3O3/c1-13-4-5-14(7-22-13)18(24)23-8-15-9-25-11-19(15,10-23)12-26-17-16(20)3-2-6-21-17/h2-7,15H,8-12H2,1H3/t15-,19+/m1/s1. The molecule has 2 aliphatic rings. The van der Waals surface area contributed by atoms with Crippen LogP contribution in [0.4, 0.5) is 4.39 Å². The van der Waals surface area contributed by atoms with Crippen LogP contribution in [0.5, 0.6) is 5.88 Å². The van der Waals surface area contributed by atoms with Crippen molar-refractivity contribution in [3.05, 3.63) is 53.7 Å². The highest BCUT2D eigenvalue weighted by molar-refractivity contribution is 5.94. The Hall–Kier alpha value is -2.54.